The normalized spacial score (nSPS) is 32.0. The van der Waals surface area contributed by atoms with Crippen molar-refractivity contribution in [3.63, 3.8) is 0 Å². The van der Waals surface area contributed by atoms with Crippen LogP contribution in [0.25, 0.3) is 0 Å². The van der Waals surface area contributed by atoms with Gasteiger partial charge in [-0.2, -0.15) is 0 Å². The van der Waals surface area contributed by atoms with Gasteiger partial charge in [-0.1, -0.05) is 25.1 Å². The Labute approximate surface area is 136 Å². The molecule has 2 saturated heterocycles. The van der Waals surface area contributed by atoms with E-state index in [0.717, 1.165) is 43.5 Å². The molecule has 3 atom stereocenters. The van der Waals surface area contributed by atoms with E-state index in [0.29, 0.717) is 12.6 Å². The summed E-state index contributed by atoms with van der Waals surface area (Å²) in [5.41, 5.74) is 1.03. The summed E-state index contributed by atoms with van der Waals surface area (Å²) in [6.45, 7) is 3.60. The summed E-state index contributed by atoms with van der Waals surface area (Å²) < 4.78 is 0. The average molecular weight is 313 g/mol. The molecule has 4 rings (SSSR count). The van der Waals surface area contributed by atoms with Crippen molar-refractivity contribution in [2.75, 3.05) is 18.4 Å². The number of hydrogen-bond donors (Lipinski definition) is 2. The van der Waals surface area contributed by atoms with Crippen LogP contribution in [0.2, 0.25) is 0 Å². The van der Waals surface area contributed by atoms with Crippen LogP contribution in [0.3, 0.4) is 0 Å². The molecule has 5 heteroatoms. The zero-order valence-electron chi connectivity index (χ0n) is 13.5. The molecule has 3 aliphatic rings. The quantitative estimate of drug-likeness (QED) is 0.895. The largest absolute Gasteiger partial charge is 0.356 e. The second-order valence-electron chi connectivity index (χ2n) is 6.83. The molecule has 5 nitrogen and oxygen atoms in total. The van der Waals surface area contributed by atoms with E-state index in [4.69, 9.17) is 0 Å². The Kier molecular flexibility index (Phi) is 3.41. The smallest absolute Gasteiger partial charge is 0.250 e. The third kappa shape index (κ3) is 1.89. The van der Waals surface area contributed by atoms with Crippen molar-refractivity contribution in [3.05, 3.63) is 29.8 Å². The maximum Gasteiger partial charge on any atom is 0.250 e. The van der Waals surface area contributed by atoms with Crippen molar-refractivity contribution in [2.24, 2.45) is 5.92 Å². The monoisotopic (exact) mass is 313 g/mol. The van der Waals surface area contributed by atoms with Gasteiger partial charge in [0, 0.05) is 23.8 Å². The maximum atomic E-state index is 13.1. The molecule has 2 amide bonds. The summed E-state index contributed by atoms with van der Waals surface area (Å²) in [4.78, 5) is 28.2. The molecule has 1 aromatic carbocycles. The first-order valence-electron chi connectivity index (χ1n) is 8.65. The number of hydrogen-bond acceptors (Lipinski definition) is 3. The highest BCUT2D eigenvalue weighted by atomic mass is 16.2. The molecule has 0 saturated carbocycles. The van der Waals surface area contributed by atoms with Gasteiger partial charge in [-0.05, 0) is 38.3 Å². The second-order valence-corrected chi connectivity index (χ2v) is 6.83. The van der Waals surface area contributed by atoms with E-state index in [1.165, 1.54) is 0 Å². The number of fused-ring (bicyclic) bond motifs is 4. The minimum absolute atomic E-state index is 0.0214. The van der Waals surface area contributed by atoms with E-state index < -0.39 is 5.54 Å². The highest BCUT2D eigenvalue weighted by molar-refractivity contribution is 6.09. The van der Waals surface area contributed by atoms with E-state index in [1.54, 1.807) is 0 Å². The van der Waals surface area contributed by atoms with Crippen LogP contribution in [0.1, 0.15) is 38.2 Å². The van der Waals surface area contributed by atoms with Crippen molar-refractivity contribution < 1.29 is 9.59 Å². The van der Waals surface area contributed by atoms with Gasteiger partial charge in [0.05, 0.1) is 5.92 Å². The number of nitrogens with one attached hydrogen (secondary N) is 2. The number of amides is 2. The Morgan fingerprint density at radius 1 is 1.43 bits per heavy atom. The summed E-state index contributed by atoms with van der Waals surface area (Å²) in [5.74, 6) is -0.309. The predicted octanol–water partition coefficient (Wildman–Crippen LogP) is 1.84. The van der Waals surface area contributed by atoms with Crippen LogP contribution < -0.4 is 10.6 Å². The molecule has 0 aromatic heterocycles. The highest BCUT2D eigenvalue weighted by Gasteiger charge is 2.65. The fraction of sp³-hybridized carbons (Fsp3) is 0.556. The average Bonchev–Trinajstić information content (AvgIpc) is 3.20. The first-order chi connectivity index (χ1) is 11.2. The molecule has 2 N–H and O–H groups in total. The van der Waals surface area contributed by atoms with Crippen LogP contribution in [0, 0.1) is 5.92 Å². The Hall–Kier alpha value is -1.88. The molecular weight excluding hydrogens is 290 g/mol. The lowest BCUT2D eigenvalue weighted by molar-refractivity contribution is -0.137. The Morgan fingerprint density at radius 3 is 3.09 bits per heavy atom. The molecular formula is C18H23N3O2. The number of nitrogens with zero attached hydrogens (tertiary/aromatic N) is 1. The van der Waals surface area contributed by atoms with Crippen LogP contribution in [0.4, 0.5) is 5.69 Å². The van der Waals surface area contributed by atoms with Gasteiger partial charge in [-0.25, -0.2) is 0 Å². The van der Waals surface area contributed by atoms with Crippen molar-refractivity contribution in [1.82, 2.24) is 10.2 Å². The summed E-state index contributed by atoms with van der Waals surface area (Å²) >= 11 is 0. The van der Waals surface area contributed by atoms with Crippen molar-refractivity contribution >= 4 is 17.5 Å². The SMILES string of the molecule is CCCNC(=O)C1CC2CCCN2C12C(=O)Nc1ccccc12. The van der Waals surface area contributed by atoms with Crippen LogP contribution in [-0.4, -0.2) is 35.8 Å². The van der Waals surface area contributed by atoms with Crippen LogP contribution >= 0.6 is 0 Å². The Bertz CT molecular complexity index is 659. The molecule has 3 heterocycles. The molecule has 1 aromatic rings. The summed E-state index contributed by atoms with van der Waals surface area (Å²) in [5, 5.41) is 6.04. The topological polar surface area (TPSA) is 61.4 Å². The van der Waals surface area contributed by atoms with E-state index in [9.17, 15) is 9.59 Å². The van der Waals surface area contributed by atoms with Gasteiger partial charge < -0.3 is 10.6 Å². The number of benzene rings is 1. The number of rotatable bonds is 3. The van der Waals surface area contributed by atoms with E-state index in [-0.39, 0.29) is 17.7 Å². The van der Waals surface area contributed by atoms with E-state index in [2.05, 4.69) is 15.5 Å². The zero-order valence-corrected chi connectivity index (χ0v) is 13.5. The van der Waals surface area contributed by atoms with Crippen LogP contribution in [-0.2, 0) is 15.1 Å². The summed E-state index contributed by atoms with van der Waals surface area (Å²) in [7, 11) is 0. The van der Waals surface area contributed by atoms with Crippen molar-refractivity contribution in [2.45, 2.75) is 44.2 Å². The molecule has 23 heavy (non-hydrogen) atoms. The van der Waals surface area contributed by atoms with Crippen LogP contribution in [0.15, 0.2) is 24.3 Å². The molecule has 3 unspecified atom stereocenters. The number of anilines is 1. The molecule has 122 valence electrons. The number of carbonyl (C=O) groups is 2. The number of para-hydroxylation sites is 1. The molecule has 0 radical (unpaired) electrons. The molecule has 2 fully saturated rings. The molecule has 1 spiro atoms. The first-order valence-corrected chi connectivity index (χ1v) is 8.65. The van der Waals surface area contributed by atoms with Gasteiger partial charge in [0.25, 0.3) is 0 Å². The third-order valence-electron chi connectivity index (χ3n) is 5.64. The standard InChI is InChI=1S/C18H23N3O2/c1-2-9-19-16(22)14-11-12-6-5-10-21(12)18(14)13-7-3-4-8-15(13)20-17(18)23/h3-4,7-8,12,14H,2,5-6,9-11H2,1H3,(H,19,22)(H,20,23). The zero-order chi connectivity index (χ0) is 16.0. The predicted molar refractivity (Wildman–Crippen MR) is 87.9 cm³/mol. The van der Waals surface area contributed by atoms with Crippen molar-refractivity contribution in [3.8, 4) is 0 Å². The van der Waals surface area contributed by atoms with Gasteiger partial charge in [-0.3, -0.25) is 14.5 Å². The third-order valence-corrected chi connectivity index (χ3v) is 5.64. The lowest BCUT2D eigenvalue weighted by atomic mass is 9.78. The first kappa shape index (κ1) is 14.7. The summed E-state index contributed by atoms with van der Waals surface area (Å²) in [6, 6.07) is 8.18. The van der Waals surface area contributed by atoms with Gasteiger partial charge in [0.15, 0.2) is 0 Å². The second kappa shape index (κ2) is 5.34. The minimum Gasteiger partial charge on any atom is -0.356 e. The fourth-order valence-corrected chi connectivity index (χ4v) is 4.75. The van der Waals surface area contributed by atoms with Gasteiger partial charge in [0.2, 0.25) is 11.8 Å². The fourth-order valence-electron chi connectivity index (χ4n) is 4.75. The lowest BCUT2D eigenvalue weighted by Gasteiger charge is -2.36. The minimum atomic E-state index is -0.810. The Balaban J connectivity index is 1.81. The lowest BCUT2D eigenvalue weighted by Crippen LogP contribution is -2.54. The van der Waals surface area contributed by atoms with Gasteiger partial charge >= 0.3 is 0 Å². The van der Waals surface area contributed by atoms with E-state index >= 15 is 0 Å². The number of carbonyl (C=O) groups excluding carboxylic acids is 2. The summed E-state index contributed by atoms with van der Waals surface area (Å²) in [6.07, 6.45) is 3.86. The molecule has 3 aliphatic heterocycles. The maximum absolute atomic E-state index is 13.1. The highest BCUT2D eigenvalue weighted by Crippen LogP contribution is 2.55. The molecule has 0 aliphatic carbocycles. The molecule has 0 bridgehead atoms. The van der Waals surface area contributed by atoms with Crippen LogP contribution in [0.5, 0.6) is 0 Å². The van der Waals surface area contributed by atoms with Gasteiger partial charge in [-0.15, -0.1) is 0 Å². The van der Waals surface area contributed by atoms with Crippen molar-refractivity contribution in [1.29, 1.82) is 0 Å². The van der Waals surface area contributed by atoms with E-state index in [1.807, 2.05) is 31.2 Å². The van der Waals surface area contributed by atoms with Gasteiger partial charge in [0.1, 0.15) is 5.54 Å². The Morgan fingerprint density at radius 2 is 2.26 bits per heavy atom.